The van der Waals surface area contributed by atoms with Gasteiger partial charge in [0, 0.05) is 31.6 Å². The van der Waals surface area contributed by atoms with Gasteiger partial charge in [0.1, 0.15) is 10.7 Å². The molecule has 3 rings (SSSR count). The normalized spacial score (nSPS) is 11.6. The minimum atomic E-state index is -0.00709. The van der Waals surface area contributed by atoms with E-state index in [0.29, 0.717) is 37.5 Å². The van der Waals surface area contributed by atoms with Crippen LogP contribution in [0.4, 0.5) is 0 Å². The third-order valence-corrected chi connectivity index (χ3v) is 5.58. The molecule has 144 valence electrons. The molecule has 2 aromatic heterocycles. The fraction of sp³-hybridized carbons (Fsp3) is 0.429. The molecule has 0 atom stereocenters. The molecule has 6 heteroatoms. The van der Waals surface area contributed by atoms with Crippen molar-refractivity contribution in [3.8, 4) is 11.1 Å². The Morgan fingerprint density at radius 3 is 2.44 bits per heavy atom. The van der Waals surface area contributed by atoms with Crippen molar-refractivity contribution in [3.63, 3.8) is 0 Å². The lowest BCUT2D eigenvalue weighted by Gasteiger charge is -2.12. The van der Waals surface area contributed by atoms with Gasteiger partial charge in [-0.3, -0.25) is 9.36 Å². The zero-order valence-electron chi connectivity index (χ0n) is 16.3. The molecule has 0 saturated carbocycles. The Morgan fingerprint density at radius 1 is 1.11 bits per heavy atom. The predicted octanol–water partition coefficient (Wildman–Crippen LogP) is 4.08. The molecule has 0 amide bonds. The molecule has 0 radical (unpaired) electrons. The molecule has 0 spiro atoms. The average molecular weight is 387 g/mol. The zero-order valence-corrected chi connectivity index (χ0v) is 17.1. The van der Waals surface area contributed by atoms with Crippen LogP contribution in [0.2, 0.25) is 0 Å². The maximum absolute atomic E-state index is 13.3. The van der Waals surface area contributed by atoms with Gasteiger partial charge in [-0.2, -0.15) is 0 Å². The maximum atomic E-state index is 13.3. The lowest BCUT2D eigenvalue weighted by Crippen LogP contribution is -2.27. The van der Waals surface area contributed by atoms with Gasteiger partial charge in [-0.05, 0) is 17.0 Å². The van der Waals surface area contributed by atoms with E-state index in [1.807, 2.05) is 5.38 Å². The maximum Gasteiger partial charge on any atom is 0.262 e. The SMILES string of the molecule is COCCc1nc2scc(-c3ccc(C(C)C)cc3)c2c(=O)n1CCOC. The standard InChI is InChI=1S/C21H26N2O3S/c1-14(2)15-5-7-16(8-6-15)17-13-27-20-19(17)21(24)23(10-12-26-4)18(22-20)9-11-25-3/h5-8,13-14H,9-12H2,1-4H3. The molecule has 3 aromatic rings. The topological polar surface area (TPSA) is 53.3 Å². The molecule has 0 bridgehead atoms. The first-order valence-corrected chi connectivity index (χ1v) is 10.0. The highest BCUT2D eigenvalue weighted by molar-refractivity contribution is 7.17. The van der Waals surface area contributed by atoms with Crippen molar-refractivity contribution < 1.29 is 9.47 Å². The second-order valence-electron chi connectivity index (χ2n) is 6.83. The first-order chi connectivity index (χ1) is 13.1. The highest BCUT2D eigenvalue weighted by Crippen LogP contribution is 2.32. The van der Waals surface area contributed by atoms with Crippen LogP contribution in [0.25, 0.3) is 21.3 Å². The van der Waals surface area contributed by atoms with Crippen molar-refractivity contribution in [2.45, 2.75) is 32.7 Å². The smallest absolute Gasteiger partial charge is 0.262 e. The summed E-state index contributed by atoms with van der Waals surface area (Å²) in [5.74, 6) is 1.23. The van der Waals surface area contributed by atoms with Crippen LogP contribution in [0, 0.1) is 0 Å². The van der Waals surface area contributed by atoms with Gasteiger partial charge in [0.25, 0.3) is 5.56 Å². The Labute approximate surface area is 163 Å². The van der Waals surface area contributed by atoms with Crippen LogP contribution in [0.1, 0.15) is 31.2 Å². The number of hydrogen-bond donors (Lipinski definition) is 0. The molecule has 0 aliphatic carbocycles. The van der Waals surface area contributed by atoms with Gasteiger partial charge in [0.2, 0.25) is 0 Å². The first-order valence-electron chi connectivity index (χ1n) is 9.16. The van der Waals surface area contributed by atoms with Crippen molar-refractivity contribution in [1.29, 1.82) is 0 Å². The molecule has 27 heavy (non-hydrogen) atoms. The molecule has 2 heterocycles. The molecular formula is C21H26N2O3S. The van der Waals surface area contributed by atoms with Crippen LogP contribution in [0.15, 0.2) is 34.4 Å². The van der Waals surface area contributed by atoms with Crippen LogP contribution >= 0.6 is 11.3 Å². The second kappa shape index (κ2) is 8.78. The number of methoxy groups -OCH3 is 2. The lowest BCUT2D eigenvalue weighted by molar-refractivity contribution is 0.180. The minimum Gasteiger partial charge on any atom is -0.384 e. The summed E-state index contributed by atoms with van der Waals surface area (Å²) in [4.78, 5) is 18.8. The fourth-order valence-corrected chi connectivity index (χ4v) is 4.08. The largest absolute Gasteiger partial charge is 0.384 e. The van der Waals surface area contributed by atoms with E-state index in [1.54, 1.807) is 18.8 Å². The monoisotopic (exact) mass is 386 g/mol. The molecule has 0 N–H and O–H groups in total. The van der Waals surface area contributed by atoms with Gasteiger partial charge in [-0.25, -0.2) is 4.98 Å². The predicted molar refractivity (Wildman–Crippen MR) is 111 cm³/mol. The molecule has 0 aliphatic heterocycles. The Hall–Kier alpha value is -2.02. The number of hydrogen-bond acceptors (Lipinski definition) is 5. The average Bonchev–Trinajstić information content (AvgIpc) is 3.10. The molecule has 5 nitrogen and oxygen atoms in total. The van der Waals surface area contributed by atoms with E-state index in [0.717, 1.165) is 21.8 Å². The van der Waals surface area contributed by atoms with Crippen molar-refractivity contribution in [1.82, 2.24) is 9.55 Å². The Bertz CT molecular complexity index is 958. The van der Waals surface area contributed by atoms with E-state index in [2.05, 4.69) is 38.1 Å². The highest BCUT2D eigenvalue weighted by atomic mass is 32.1. The van der Waals surface area contributed by atoms with Crippen LogP contribution in [-0.2, 0) is 22.4 Å². The molecule has 0 unspecified atom stereocenters. The number of rotatable bonds is 8. The Kier molecular flexibility index (Phi) is 6.42. The summed E-state index contributed by atoms with van der Waals surface area (Å²) in [6, 6.07) is 8.45. The third-order valence-electron chi connectivity index (χ3n) is 4.71. The second-order valence-corrected chi connectivity index (χ2v) is 7.68. The molecule has 0 aliphatic rings. The van der Waals surface area contributed by atoms with Crippen molar-refractivity contribution in [2.75, 3.05) is 27.4 Å². The van der Waals surface area contributed by atoms with Crippen molar-refractivity contribution in [3.05, 3.63) is 51.4 Å². The number of benzene rings is 1. The first kappa shape index (κ1) is 19.7. The zero-order chi connectivity index (χ0) is 19.4. The van der Waals surface area contributed by atoms with E-state index in [4.69, 9.17) is 14.5 Å². The Morgan fingerprint density at radius 2 is 1.81 bits per heavy atom. The number of fused-ring (bicyclic) bond motifs is 1. The van der Waals surface area contributed by atoms with Crippen LogP contribution < -0.4 is 5.56 Å². The van der Waals surface area contributed by atoms with E-state index < -0.39 is 0 Å². The summed E-state index contributed by atoms with van der Waals surface area (Å²) < 4.78 is 12.1. The molecule has 0 saturated heterocycles. The van der Waals surface area contributed by atoms with Gasteiger partial charge in [0.15, 0.2) is 0 Å². The van der Waals surface area contributed by atoms with Gasteiger partial charge < -0.3 is 9.47 Å². The van der Waals surface area contributed by atoms with Crippen molar-refractivity contribution >= 4 is 21.6 Å². The minimum absolute atomic E-state index is 0.00709. The molecular weight excluding hydrogens is 360 g/mol. The highest BCUT2D eigenvalue weighted by Gasteiger charge is 2.17. The summed E-state index contributed by atoms with van der Waals surface area (Å²) in [5, 5.41) is 2.72. The number of ether oxygens (including phenoxy) is 2. The number of nitrogens with zero attached hydrogens (tertiary/aromatic N) is 2. The van der Waals surface area contributed by atoms with E-state index in [-0.39, 0.29) is 5.56 Å². The molecule has 0 fully saturated rings. The van der Waals surface area contributed by atoms with E-state index in [9.17, 15) is 4.79 Å². The van der Waals surface area contributed by atoms with Crippen LogP contribution in [-0.4, -0.2) is 37.0 Å². The van der Waals surface area contributed by atoms with Crippen molar-refractivity contribution in [2.24, 2.45) is 0 Å². The van der Waals surface area contributed by atoms with E-state index in [1.165, 1.54) is 16.9 Å². The summed E-state index contributed by atoms with van der Waals surface area (Å²) in [5.41, 5.74) is 3.28. The molecule has 1 aromatic carbocycles. The van der Waals surface area contributed by atoms with Crippen LogP contribution in [0.3, 0.4) is 0 Å². The lowest BCUT2D eigenvalue weighted by atomic mass is 9.99. The Balaban J connectivity index is 2.11. The fourth-order valence-electron chi connectivity index (χ4n) is 3.12. The van der Waals surface area contributed by atoms with Gasteiger partial charge in [-0.15, -0.1) is 11.3 Å². The summed E-state index contributed by atoms with van der Waals surface area (Å²) in [6.45, 7) is 5.83. The quantitative estimate of drug-likeness (QED) is 0.585. The summed E-state index contributed by atoms with van der Waals surface area (Å²) >= 11 is 1.52. The van der Waals surface area contributed by atoms with Crippen LogP contribution in [0.5, 0.6) is 0 Å². The number of thiophene rings is 1. The van der Waals surface area contributed by atoms with Gasteiger partial charge >= 0.3 is 0 Å². The van der Waals surface area contributed by atoms with Gasteiger partial charge in [-0.1, -0.05) is 38.1 Å². The van der Waals surface area contributed by atoms with E-state index >= 15 is 0 Å². The van der Waals surface area contributed by atoms with Gasteiger partial charge in [0.05, 0.1) is 25.1 Å². The number of aromatic nitrogens is 2. The summed E-state index contributed by atoms with van der Waals surface area (Å²) in [6.07, 6.45) is 0.599. The third kappa shape index (κ3) is 4.13. The summed E-state index contributed by atoms with van der Waals surface area (Å²) in [7, 11) is 3.29.